The Hall–Kier alpha value is -0.170. The fourth-order valence-corrected chi connectivity index (χ4v) is 3.24. The van der Waals surface area contributed by atoms with Crippen LogP contribution in [0.1, 0.15) is 19.3 Å². The molecule has 1 aliphatic heterocycles. The van der Waals surface area contributed by atoms with Gasteiger partial charge in [-0.2, -0.15) is 0 Å². The molecule has 0 amide bonds. The molecule has 0 bridgehead atoms. The van der Waals surface area contributed by atoms with E-state index in [0.717, 1.165) is 12.8 Å². The Labute approximate surface area is 91.1 Å². The van der Waals surface area contributed by atoms with Crippen molar-refractivity contribution in [2.24, 2.45) is 0 Å². The summed E-state index contributed by atoms with van der Waals surface area (Å²) in [6.07, 6.45) is 2.02. The van der Waals surface area contributed by atoms with Crippen molar-refractivity contribution < 1.29 is 18.3 Å². The molecule has 90 valence electrons. The van der Waals surface area contributed by atoms with Gasteiger partial charge in [0.25, 0.3) is 0 Å². The molecule has 0 aliphatic carbocycles. The van der Waals surface area contributed by atoms with Gasteiger partial charge in [0.2, 0.25) is 10.0 Å². The van der Waals surface area contributed by atoms with Crippen LogP contribution in [-0.4, -0.2) is 56.5 Å². The van der Waals surface area contributed by atoms with Crippen LogP contribution in [0, 0.1) is 0 Å². The Morgan fingerprint density at radius 1 is 1.40 bits per heavy atom. The second-order valence-electron chi connectivity index (χ2n) is 3.73. The van der Waals surface area contributed by atoms with Gasteiger partial charge in [-0.25, -0.2) is 12.7 Å². The molecule has 0 aromatic rings. The summed E-state index contributed by atoms with van der Waals surface area (Å²) in [5.74, 6) is 0.0428. The number of sulfonamides is 1. The Kier molecular flexibility index (Phi) is 4.98. The molecule has 1 saturated heterocycles. The van der Waals surface area contributed by atoms with Gasteiger partial charge in [0, 0.05) is 26.8 Å². The van der Waals surface area contributed by atoms with Gasteiger partial charge in [0.15, 0.2) is 0 Å². The Balaban J connectivity index is 2.45. The van der Waals surface area contributed by atoms with Crippen molar-refractivity contribution in [3.63, 3.8) is 0 Å². The van der Waals surface area contributed by atoms with Crippen molar-refractivity contribution in [1.29, 1.82) is 0 Å². The zero-order valence-electron chi connectivity index (χ0n) is 9.05. The van der Waals surface area contributed by atoms with E-state index in [4.69, 9.17) is 9.84 Å². The first-order chi connectivity index (χ1) is 7.10. The number of aliphatic hydroxyl groups is 1. The lowest BCUT2D eigenvalue weighted by Crippen LogP contribution is -2.41. The molecule has 1 fully saturated rings. The van der Waals surface area contributed by atoms with Gasteiger partial charge in [-0.1, -0.05) is 0 Å². The molecule has 1 heterocycles. The van der Waals surface area contributed by atoms with E-state index in [0.29, 0.717) is 19.5 Å². The average molecular weight is 237 g/mol. The largest absolute Gasteiger partial charge is 0.396 e. The second kappa shape index (κ2) is 5.79. The third-order valence-corrected chi connectivity index (χ3v) is 4.64. The van der Waals surface area contributed by atoms with Gasteiger partial charge >= 0.3 is 0 Å². The number of rotatable bonds is 5. The summed E-state index contributed by atoms with van der Waals surface area (Å²) < 4.78 is 30.1. The molecule has 0 saturated carbocycles. The van der Waals surface area contributed by atoms with Gasteiger partial charge in [-0.05, 0) is 19.3 Å². The SMILES string of the molecule is COC1CCN(S(=O)(=O)CCCO)CC1. The first kappa shape index (κ1) is 12.9. The monoisotopic (exact) mass is 237 g/mol. The van der Waals surface area contributed by atoms with Crippen molar-refractivity contribution in [2.45, 2.75) is 25.4 Å². The minimum absolute atomic E-state index is 0.0428. The van der Waals surface area contributed by atoms with E-state index in [1.807, 2.05) is 0 Å². The van der Waals surface area contributed by atoms with Crippen LogP contribution in [-0.2, 0) is 14.8 Å². The number of nitrogens with zero attached hydrogens (tertiary/aromatic N) is 1. The van der Waals surface area contributed by atoms with Crippen LogP contribution < -0.4 is 0 Å². The van der Waals surface area contributed by atoms with Crippen molar-refractivity contribution in [1.82, 2.24) is 4.31 Å². The summed E-state index contributed by atoms with van der Waals surface area (Å²) in [6, 6.07) is 0. The van der Waals surface area contributed by atoms with Gasteiger partial charge in [-0.3, -0.25) is 0 Å². The topological polar surface area (TPSA) is 66.8 Å². The maximum atomic E-state index is 11.7. The maximum absolute atomic E-state index is 11.7. The molecule has 0 aromatic carbocycles. The normalized spacial score (nSPS) is 20.7. The highest BCUT2D eigenvalue weighted by atomic mass is 32.2. The third kappa shape index (κ3) is 3.71. The van der Waals surface area contributed by atoms with Crippen LogP contribution in [0.25, 0.3) is 0 Å². The lowest BCUT2D eigenvalue weighted by molar-refractivity contribution is 0.0604. The number of piperidine rings is 1. The van der Waals surface area contributed by atoms with E-state index in [2.05, 4.69) is 0 Å². The van der Waals surface area contributed by atoms with E-state index in [-0.39, 0.29) is 18.5 Å². The lowest BCUT2D eigenvalue weighted by Gasteiger charge is -2.30. The molecular formula is C9H19NO4S. The summed E-state index contributed by atoms with van der Waals surface area (Å²) in [7, 11) is -1.51. The molecule has 0 aromatic heterocycles. The minimum atomic E-state index is -3.16. The molecule has 15 heavy (non-hydrogen) atoms. The molecular weight excluding hydrogens is 218 g/mol. The van der Waals surface area contributed by atoms with Crippen molar-refractivity contribution in [3.8, 4) is 0 Å². The zero-order chi connectivity index (χ0) is 11.3. The molecule has 1 aliphatic rings. The van der Waals surface area contributed by atoms with Crippen LogP contribution in [0.4, 0.5) is 0 Å². The third-order valence-electron chi connectivity index (χ3n) is 2.69. The molecule has 5 nitrogen and oxygen atoms in total. The van der Waals surface area contributed by atoms with Crippen LogP contribution in [0.15, 0.2) is 0 Å². The van der Waals surface area contributed by atoms with Crippen molar-refractivity contribution in [3.05, 3.63) is 0 Å². The Bertz CT molecular complexity index is 270. The highest BCUT2D eigenvalue weighted by molar-refractivity contribution is 7.89. The van der Waals surface area contributed by atoms with Gasteiger partial charge < -0.3 is 9.84 Å². The summed E-state index contributed by atoms with van der Waals surface area (Å²) in [4.78, 5) is 0. The minimum Gasteiger partial charge on any atom is -0.396 e. The smallest absolute Gasteiger partial charge is 0.214 e. The number of aliphatic hydroxyl groups excluding tert-OH is 1. The first-order valence-electron chi connectivity index (χ1n) is 5.21. The molecule has 1 rings (SSSR count). The molecule has 0 radical (unpaired) electrons. The van der Waals surface area contributed by atoms with Crippen LogP contribution in [0.3, 0.4) is 0 Å². The van der Waals surface area contributed by atoms with Crippen LogP contribution >= 0.6 is 0 Å². The zero-order valence-corrected chi connectivity index (χ0v) is 9.87. The summed E-state index contributed by atoms with van der Waals surface area (Å²) >= 11 is 0. The fraction of sp³-hybridized carbons (Fsp3) is 1.00. The fourth-order valence-electron chi connectivity index (χ4n) is 1.72. The Morgan fingerprint density at radius 3 is 2.47 bits per heavy atom. The van der Waals surface area contributed by atoms with Gasteiger partial charge in [0.1, 0.15) is 0 Å². The first-order valence-corrected chi connectivity index (χ1v) is 6.82. The van der Waals surface area contributed by atoms with E-state index in [9.17, 15) is 8.42 Å². The molecule has 0 spiro atoms. The quantitative estimate of drug-likeness (QED) is 0.719. The summed E-state index contributed by atoms with van der Waals surface area (Å²) in [6.45, 7) is 0.992. The molecule has 6 heteroatoms. The lowest BCUT2D eigenvalue weighted by atomic mass is 10.1. The van der Waals surface area contributed by atoms with E-state index in [1.165, 1.54) is 4.31 Å². The van der Waals surface area contributed by atoms with Crippen molar-refractivity contribution in [2.75, 3.05) is 32.6 Å². The molecule has 0 atom stereocenters. The molecule has 0 unspecified atom stereocenters. The Morgan fingerprint density at radius 2 is 2.00 bits per heavy atom. The summed E-state index contributed by atoms with van der Waals surface area (Å²) in [5.41, 5.74) is 0. The number of methoxy groups -OCH3 is 1. The van der Waals surface area contributed by atoms with Gasteiger partial charge in [0.05, 0.1) is 11.9 Å². The van der Waals surface area contributed by atoms with Crippen LogP contribution in [0.5, 0.6) is 0 Å². The summed E-state index contributed by atoms with van der Waals surface area (Å²) in [5, 5.41) is 8.61. The highest BCUT2D eigenvalue weighted by Crippen LogP contribution is 2.16. The average Bonchev–Trinajstić information content (AvgIpc) is 2.26. The van der Waals surface area contributed by atoms with Gasteiger partial charge in [-0.15, -0.1) is 0 Å². The van der Waals surface area contributed by atoms with Crippen LogP contribution in [0.2, 0.25) is 0 Å². The standard InChI is InChI=1S/C9H19NO4S/c1-14-9-3-5-10(6-4-9)15(12,13)8-2-7-11/h9,11H,2-8H2,1H3. The predicted molar refractivity (Wildman–Crippen MR) is 57.1 cm³/mol. The maximum Gasteiger partial charge on any atom is 0.214 e. The number of hydrogen-bond acceptors (Lipinski definition) is 4. The van der Waals surface area contributed by atoms with E-state index >= 15 is 0 Å². The van der Waals surface area contributed by atoms with Crippen molar-refractivity contribution >= 4 is 10.0 Å². The number of hydrogen-bond donors (Lipinski definition) is 1. The highest BCUT2D eigenvalue weighted by Gasteiger charge is 2.27. The predicted octanol–water partition coefficient (Wildman–Crippen LogP) is -0.191. The van der Waals surface area contributed by atoms with E-state index < -0.39 is 10.0 Å². The second-order valence-corrected chi connectivity index (χ2v) is 5.82. The number of ether oxygens (including phenoxy) is 1. The van der Waals surface area contributed by atoms with E-state index in [1.54, 1.807) is 7.11 Å². The molecule has 1 N–H and O–H groups in total.